The predicted octanol–water partition coefficient (Wildman–Crippen LogP) is 1.78. The first-order chi connectivity index (χ1) is 10.5. The number of hydrogen-bond acceptors (Lipinski definition) is 5. The summed E-state index contributed by atoms with van der Waals surface area (Å²) in [6.45, 7) is 2.52. The number of nitrogens with zero attached hydrogens (tertiary/aromatic N) is 1. The van der Waals surface area contributed by atoms with Gasteiger partial charge in [0.1, 0.15) is 5.60 Å². The van der Waals surface area contributed by atoms with Crippen molar-refractivity contribution in [1.29, 1.82) is 0 Å². The van der Waals surface area contributed by atoms with Crippen LogP contribution in [0.4, 0.5) is 0 Å². The fraction of sp³-hybridized carbons (Fsp3) is 0.529. The lowest BCUT2D eigenvalue weighted by molar-refractivity contribution is -0.157. The van der Waals surface area contributed by atoms with Crippen LogP contribution >= 0.6 is 0 Å². The van der Waals surface area contributed by atoms with Gasteiger partial charge in [0.15, 0.2) is 5.92 Å². The van der Waals surface area contributed by atoms with Gasteiger partial charge in [-0.1, -0.05) is 30.3 Å². The number of likely N-dealkylation sites (N-methyl/N-ethyl adjacent to an activating group) is 1. The molecule has 1 aromatic carbocycles. The Morgan fingerprint density at radius 3 is 2.68 bits per heavy atom. The van der Waals surface area contributed by atoms with Crippen LogP contribution in [0.3, 0.4) is 0 Å². The fourth-order valence-corrected chi connectivity index (χ4v) is 3.90. The summed E-state index contributed by atoms with van der Waals surface area (Å²) in [5.41, 5.74) is 0.561. The van der Waals surface area contributed by atoms with E-state index in [0.717, 1.165) is 0 Å². The number of hydrogen-bond donors (Lipinski definition) is 0. The highest BCUT2D eigenvalue weighted by molar-refractivity contribution is 5.97. The van der Waals surface area contributed by atoms with Crippen molar-refractivity contribution < 1.29 is 19.1 Å². The Bertz CT molecular complexity index is 588. The first kappa shape index (κ1) is 15.0. The number of fused-ring (bicyclic) bond motifs is 1. The summed E-state index contributed by atoms with van der Waals surface area (Å²) in [6, 6.07) is 10.3. The first-order valence-corrected chi connectivity index (χ1v) is 7.52. The summed E-state index contributed by atoms with van der Waals surface area (Å²) in [5.74, 6) is -1.92. The average molecular weight is 303 g/mol. The van der Waals surface area contributed by atoms with Crippen molar-refractivity contribution in [3.63, 3.8) is 0 Å². The van der Waals surface area contributed by atoms with E-state index in [-0.39, 0.29) is 12.0 Å². The molecule has 0 spiro atoms. The van der Waals surface area contributed by atoms with E-state index in [1.165, 1.54) is 12.7 Å². The molecule has 1 aromatic rings. The number of carbonyl (C=O) groups excluding carboxylic acids is 2. The molecule has 0 N–H and O–H groups in total. The van der Waals surface area contributed by atoms with Crippen LogP contribution in [-0.4, -0.2) is 43.1 Å². The van der Waals surface area contributed by atoms with Crippen LogP contribution < -0.4 is 0 Å². The molecule has 0 unspecified atom stereocenters. The minimum Gasteiger partial charge on any atom is -0.468 e. The van der Waals surface area contributed by atoms with Crippen LogP contribution in [0.1, 0.15) is 24.9 Å². The van der Waals surface area contributed by atoms with Gasteiger partial charge in [-0.05, 0) is 26.0 Å². The molecule has 5 nitrogen and oxygen atoms in total. The van der Waals surface area contributed by atoms with Crippen molar-refractivity contribution in [2.45, 2.75) is 25.0 Å². The number of benzene rings is 1. The molecular formula is C17H21NO4. The van der Waals surface area contributed by atoms with Gasteiger partial charge in [-0.15, -0.1) is 0 Å². The zero-order valence-electron chi connectivity index (χ0n) is 13.1. The monoisotopic (exact) mass is 303 g/mol. The lowest BCUT2D eigenvalue weighted by atomic mass is 9.73. The highest BCUT2D eigenvalue weighted by Gasteiger charge is 2.59. The predicted molar refractivity (Wildman–Crippen MR) is 79.9 cm³/mol. The third-order valence-corrected chi connectivity index (χ3v) is 4.99. The molecule has 0 aromatic heterocycles. The second-order valence-electron chi connectivity index (χ2n) is 6.42. The molecule has 118 valence electrons. The minimum atomic E-state index is -0.810. The van der Waals surface area contributed by atoms with E-state index in [4.69, 9.17) is 9.47 Å². The van der Waals surface area contributed by atoms with Crippen molar-refractivity contribution >= 4 is 11.9 Å². The number of methoxy groups -OCH3 is 1. The third-order valence-electron chi connectivity index (χ3n) is 4.99. The van der Waals surface area contributed by atoms with Crippen LogP contribution in [0.25, 0.3) is 0 Å². The number of esters is 2. The van der Waals surface area contributed by atoms with Gasteiger partial charge in [0.25, 0.3) is 0 Å². The highest BCUT2D eigenvalue weighted by atomic mass is 16.6. The van der Waals surface area contributed by atoms with Crippen LogP contribution in [0, 0.1) is 11.8 Å². The Hall–Kier alpha value is -1.88. The fourth-order valence-electron chi connectivity index (χ4n) is 3.90. The number of piperidine rings is 1. The Morgan fingerprint density at radius 1 is 1.36 bits per heavy atom. The summed E-state index contributed by atoms with van der Waals surface area (Å²) >= 11 is 0. The molecule has 0 radical (unpaired) electrons. The van der Waals surface area contributed by atoms with Crippen molar-refractivity contribution in [3.8, 4) is 0 Å². The molecule has 2 fully saturated rings. The average Bonchev–Trinajstić information content (AvgIpc) is 2.75. The molecule has 2 aliphatic rings. The van der Waals surface area contributed by atoms with Gasteiger partial charge in [0.05, 0.1) is 7.11 Å². The molecule has 2 heterocycles. The summed E-state index contributed by atoms with van der Waals surface area (Å²) in [6.07, 6.45) is 0.697. The molecule has 0 aliphatic carbocycles. The highest BCUT2D eigenvalue weighted by Crippen LogP contribution is 2.48. The van der Waals surface area contributed by atoms with Gasteiger partial charge in [-0.3, -0.25) is 14.5 Å². The van der Waals surface area contributed by atoms with Gasteiger partial charge in [0.2, 0.25) is 0 Å². The lowest BCUT2D eigenvalue weighted by Crippen LogP contribution is -2.51. The topological polar surface area (TPSA) is 55.8 Å². The number of carbonyl (C=O) groups is 2. The van der Waals surface area contributed by atoms with Gasteiger partial charge >= 0.3 is 11.9 Å². The van der Waals surface area contributed by atoms with Crippen LogP contribution in [0.15, 0.2) is 30.3 Å². The second-order valence-corrected chi connectivity index (χ2v) is 6.42. The van der Waals surface area contributed by atoms with E-state index in [9.17, 15) is 9.59 Å². The maximum atomic E-state index is 12.2. The SMILES string of the molecule is COC(=O)[C@@H]1C(=O)O[C@]2(C)CN(C)[C@H](c3ccccc3)C[C@H]12. The molecule has 0 bridgehead atoms. The molecule has 22 heavy (non-hydrogen) atoms. The first-order valence-electron chi connectivity index (χ1n) is 7.52. The Labute approximate surface area is 130 Å². The van der Waals surface area contributed by atoms with Gasteiger partial charge in [-0.25, -0.2) is 0 Å². The summed E-state index contributed by atoms with van der Waals surface area (Å²) in [4.78, 5) is 26.4. The molecule has 3 rings (SSSR count). The van der Waals surface area contributed by atoms with Crippen molar-refractivity contribution in [3.05, 3.63) is 35.9 Å². The quantitative estimate of drug-likeness (QED) is 0.616. The number of ether oxygens (including phenoxy) is 2. The van der Waals surface area contributed by atoms with Gasteiger partial charge in [0, 0.05) is 18.5 Å². The van der Waals surface area contributed by atoms with Crippen LogP contribution in [0.2, 0.25) is 0 Å². The van der Waals surface area contributed by atoms with E-state index < -0.39 is 23.5 Å². The molecule has 4 atom stereocenters. The van der Waals surface area contributed by atoms with E-state index in [1.54, 1.807) is 0 Å². The Balaban J connectivity index is 1.92. The smallest absolute Gasteiger partial charge is 0.321 e. The number of likely N-dealkylation sites (tertiary alicyclic amines) is 1. The van der Waals surface area contributed by atoms with Crippen molar-refractivity contribution in [2.75, 3.05) is 20.7 Å². The lowest BCUT2D eigenvalue weighted by Gasteiger charge is -2.44. The van der Waals surface area contributed by atoms with Crippen molar-refractivity contribution in [1.82, 2.24) is 4.90 Å². The Morgan fingerprint density at radius 2 is 2.05 bits per heavy atom. The van der Waals surface area contributed by atoms with Crippen LogP contribution in [-0.2, 0) is 19.1 Å². The molecule has 5 heteroatoms. The zero-order chi connectivity index (χ0) is 15.9. The van der Waals surface area contributed by atoms with E-state index >= 15 is 0 Å². The van der Waals surface area contributed by atoms with E-state index in [1.807, 2.05) is 32.2 Å². The standard InChI is InChI=1S/C17H21NO4/c1-17-10-18(2)13(11-7-5-4-6-8-11)9-12(17)14(15(19)21-3)16(20)22-17/h4-8,12-14H,9-10H2,1-3H3/t12-,13+,14-,17-/m1/s1. The zero-order valence-corrected chi connectivity index (χ0v) is 13.1. The van der Waals surface area contributed by atoms with Gasteiger partial charge < -0.3 is 9.47 Å². The minimum absolute atomic E-state index is 0.158. The molecular weight excluding hydrogens is 282 g/mol. The van der Waals surface area contributed by atoms with Crippen molar-refractivity contribution in [2.24, 2.45) is 11.8 Å². The molecule has 0 amide bonds. The normalized spacial score (nSPS) is 34.9. The van der Waals surface area contributed by atoms with E-state index in [2.05, 4.69) is 17.0 Å². The molecule has 2 saturated heterocycles. The maximum Gasteiger partial charge on any atom is 0.321 e. The summed E-state index contributed by atoms with van der Waals surface area (Å²) in [7, 11) is 3.34. The molecule has 0 saturated carbocycles. The third kappa shape index (κ3) is 2.29. The van der Waals surface area contributed by atoms with Crippen LogP contribution in [0.5, 0.6) is 0 Å². The van der Waals surface area contributed by atoms with E-state index in [0.29, 0.717) is 13.0 Å². The largest absolute Gasteiger partial charge is 0.468 e. The summed E-state index contributed by atoms with van der Waals surface area (Å²) < 4.78 is 10.4. The Kier molecular flexibility index (Phi) is 3.68. The second kappa shape index (κ2) is 5.39. The van der Waals surface area contributed by atoms with Gasteiger partial charge in [-0.2, -0.15) is 0 Å². The molecule has 2 aliphatic heterocycles. The summed E-state index contributed by atoms with van der Waals surface area (Å²) in [5, 5.41) is 0. The number of rotatable bonds is 2. The maximum absolute atomic E-state index is 12.2.